The monoisotopic (exact) mass is 426 g/mol. The van der Waals surface area contributed by atoms with E-state index in [1.807, 2.05) is 12.1 Å². The SMILES string of the molecule is COc1ccc([N+](=O)[O-])cc1CN1CCc2nc(-c3ccc(Cl)cc3)[nH]c(=O)c2C1. The number of nitro benzene ring substituents is 1. The molecule has 30 heavy (non-hydrogen) atoms. The van der Waals surface area contributed by atoms with E-state index in [-0.39, 0.29) is 11.2 Å². The smallest absolute Gasteiger partial charge is 0.270 e. The number of hydrogen-bond acceptors (Lipinski definition) is 6. The number of nitrogens with zero attached hydrogens (tertiary/aromatic N) is 3. The number of H-pyrrole nitrogens is 1. The highest BCUT2D eigenvalue weighted by Crippen LogP contribution is 2.27. The van der Waals surface area contributed by atoms with E-state index in [2.05, 4.69) is 14.9 Å². The number of non-ortho nitro benzene ring substituents is 1. The number of benzene rings is 2. The molecule has 2 aromatic carbocycles. The van der Waals surface area contributed by atoms with Crippen molar-refractivity contribution in [3.63, 3.8) is 0 Å². The van der Waals surface area contributed by atoms with Crippen molar-refractivity contribution in [2.24, 2.45) is 0 Å². The maximum Gasteiger partial charge on any atom is 0.270 e. The van der Waals surface area contributed by atoms with Gasteiger partial charge < -0.3 is 9.72 Å². The van der Waals surface area contributed by atoms with Crippen molar-refractivity contribution in [1.82, 2.24) is 14.9 Å². The van der Waals surface area contributed by atoms with E-state index in [1.54, 1.807) is 18.2 Å². The zero-order chi connectivity index (χ0) is 21.3. The molecule has 0 unspecified atom stereocenters. The molecule has 0 saturated carbocycles. The van der Waals surface area contributed by atoms with Crippen LogP contribution in [0.25, 0.3) is 11.4 Å². The summed E-state index contributed by atoms with van der Waals surface area (Å²) in [6.45, 7) is 1.52. The highest BCUT2D eigenvalue weighted by molar-refractivity contribution is 6.30. The molecule has 1 aliphatic rings. The van der Waals surface area contributed by atoms with Crippen molar-refractivity contribution in [2.45, 2.75) is 19.5 Å². The first kappa shape index (κ1) is 20.1. The first-order valence-corrected chi connectivity index (χ1v) is 9.74. The average molecular weight is 427 g/mol. The lowest BCUT2D eigenvalue weighted by Gasteiger charge is -2.28. The number of ether oxygens (including phenoxy) is 1. The Balaban J connectivity index is 1.59. The molecule has 1 N–H and O–H groups in total. The molecule has 0 fully saturated rings. The second-order valence-corrected chi connectivity index (χ2v) is 7.50. The summed E-state index contributed by atoms with van der Waals surface area (Å²) in [6, 6.07) is 11.7. The lowest BCUT2D eigenvalue weighted by molar-refractivity contribution is -0.385. The van der Waals surface area contributed by atoms with Crippen LogP contribution in [0.4, 0.5) is 5.69 Å². The molecule has 3 aromatic rings. The Bertz CT molecular complexity index is 1160. The summed E-state index contributed by atoms with van der Waals surface area (Å²) < 4.78 is 5.35. The van der Waals surface area contributed by atoms with Crippen molar-refractivity contribution in [3.8, 4) is 17.1 Å². The van der Waals surface area contributed by atoms with Crippen molar-refractivity contribution in [3.05, 3.63) is 84.8 Å². The second-order valence-electron chi connectivity index (χ2n) is 7.06. The Morgan fingerprint density at radius 2 is 2.03 bits per heavy atom. The number of aromatic amines is 1. The molecule has 9 heteroatoms. The van der Waals surface area contributed by atoms with Crippen molar-refractivity contribution >= 4 is 17.3 Å². The van der Waals surface area contributed by atoms with Gasteiger partial charge in [0.1, 0.15) is 11.6 Å². The summed E-state index contributed by atoms with van der Waals surface area (Å²) in [7, 11) is 1.53. The van der Waals surface area contributed by atoms with Crippen LogP contribution in [0.2, 0.25) is 5.02 Å². The van der Waals surface area contributed by atoms with Gasteiger partial charge in [0.25, 0.3) is 11.2 Å². The molecule has 0 saturated heterocycles. The Morgan fingerprint density at radius 3 is 2.73 bits per heavy atom. The van der Waals surface area contributed by atoms with E-state index >= 15 is 0 Å². The van der Waals surface area contributed by atoms with Gasteiger partial charge in [-0.3, -0.25) is 19.8 Å². The van der Waals surface area contributed by atoms with Crippen LogP contribution in [0.3, 0.4) is 0 Å². The Labute approximate surface area is 177 Å². The third-order valence-corrected chi connectivity index (χ3v) is 5.39. The summed E-state index contributed by atoms with van der Waals surface area (Å²) in [6.07, 6.45) is 0.608. The number of nitrogens with one attached hydrogen (secondary N) is 1. The molecular weight excluding hydrogens is 408 g/mol. The van der Waals surface area contributed by atoms with Gasteiger partial charge >= 0.3 is 0 Å². The van der Waals surface area contributed by atoms with Crippen molar-refractivity contribution in [2.75, 3.05) is 13.7 Å². The first-order chi connectivity index (χ1) is 14.4. The molecular formula is C21H19ClN4O4. The molecule has 0 atom stereocenters. The van der Waals surface area contributed by atoms with Crippen LogP contribution in [0.5, 0.6) is 5.75 Å². The van der Waals surface area contributed by atoms with Crippen LogP contribution in [-0.2, 0) is 19.5 Å². The number of rotatable bonds is 5. The first-order valence-electron chi connectivity index (χ1n) is 9.36. The molecule has 2 heterocycles. The van der Waals surface area contributed by atoms with Gasteiger partial charge in [-0.25, -0.2) is 4.98 Å². The van der Waals surface area contributed by atoms with Crippen LogP contribution in [0, 0.1) is 10.1 Å². The van der Waals surface area contributed by atoms with E-state index in [9.17, 15) is 14.9 Å². The van der Waals surface area contributed by atoms with Gasteiger partial charge in [0.2, 0.25) is 0 Å². The molecule has 4 rings (SSSR count). The molecule has 0 spiro atoms. The lowest BCUT2D eigenvalue weighted by Crippen LogP contribution is -2.35. The van der Waals surface area contributed by atoms with E-state index in [4.69, 9.17) is 16.3 Å². The molecule has 1 aliphatic heterocycles. The zero-order valence-electron chi connectivity index (χ0n) is 16.2. The summed E-state index contributed by atoms with van der Waals surface area (Å²) >= 11 is 5.93. The Hall–Kier alpha value is -3.23. The third kappa shape index (κ3) is 4.05. The predicted molar refractivity (Wildman–Crippen MR) is 113 cm³/mol. The van der Waals surface area contributed by atoms with Gasteiger partial charge in [-0.1, -0.05) is 11.6 Å². The Kier molecular flexibility index (Phi) is 5.52. The van der Waals surface area contributed by atoms with Crippen LogP contribution in [0.15, 0.2) is 47.3 Å². The Morgan fingerprint density at radius 1 is 1.27 bits per heavy atom. The van der Waals surface area contributed by atoms with Crippen LogP contribution in [-0.4, -0.2) is 33.4 Å². The number of hydrogen-bond donors (Lipinski definition) is 1. The van der Waals surface area contributed by atoms with Gasteiger partial charge in [-0.2, -0.15) is 0 Å². The molecule has 0 bridgehead atoms. The van der Waals surface area contributed by atoms with E-state index in [0.29, 0.717) is 53.8 Å². The van der Waals surface area contributed by atoms with Gasteiger partial charge in [0.15, 0.2) is 0 Å². The fourth-order valence-corrected chi connectivity index (χ4v) is 3.73. The number of aromatic nitrogens is 2. The van der Waals surface area contributed by atoms with E-state index < -0.39 is 4.92 Å². The highest BCUT2D eigenvalue weighted by Gasteiger charge is 2.23. The maximum absolute atomic E-state index is 12.7. The summed E-state index contributed by atoms with van der Waals surface area (Å²) in [4.78, 5) is 33.0. The largest absolute Gasteiger partial charge is 0.496 e. The topological polar surface area (TPSA) is 101 Å². The number of nitro groups is 1. The van der Waals surface area contributed by atoms with Gasteiger partial charge in [0, 0.05) is 54.3 Å². The fourth-order valence-electron chi connectivity index (χ4n) is 3.60. The summed E-state index contributed by atoms with van der Waals surface area (Å²) in [5.74, 6) is 1.10. The average Bonchev–Trinajstić information content (AvgIpc) is 2.74. The normalized spacial score (nSPS) is 13.7. The van der Waals surface area contributed by atoms with Crippen molar-refractivity contribution < 1.29 is 9.66 Å². The van der Waals surface area contributed by atoms with E-state index in [0.717, 1.165) is 11.3 Å². The predicted octanol–water partition coefficient (Wildman–Crippen LogP) is 3.57. The molecule has 0 radical (unpaired) electrons. The van der Waals surface area contributed by atoms with Crippen LogP contribution < -0.4 is 10.3 Å². The second kappa shape index (κ2) is 8.25. The minimum absolute atomic E-state index is 0.00956. The number of fused-ring (bicyclic) bond motifs is 1. The molecule has 0 aliphatic carbocycles. The van der Waals surface area contributed by atoms with Gasteiger partial charge in [-0.15, -0.1) is 0 Å². The summed E-state index contributed by atoms with van der Waals surface area (Å²) in [5, 5.41) is 11.7. The molecule has 1 aromatic heterocycles. The van der Waals surface area contributed by atoms with Crippen LogP contribution >= 0.6 is 11.6 Å². The van der Waals surface area contributed by atoms with E-state index in [1.165, 1.54) is 19.2 Å². The highest BCUT2D eigenvalue weighted by atomic mass is 35.5. The maximum atomic E-state index is 12.7. The lowest BCUT2D eigenvalue weighted by atomic mass is 10.0. The van der Waals surface area contributed by atoms with Gasteiger partial charge in [-0.05, 0) is 30.3 Å². The van der Waals surface area contributed by atoms with Gasteiger partial charge in [0.05, 0.1) is 23.3 Å². The zero-order valence-corrected chi connectivity index (χ0v) is 17.0. The minimum Gasteiger partial charge on any atom is -0.496 e. The number of halogens is 1. The third-order valence-electron chi connectivity index (χ3n) is 5.13. The fraction of sp³-hybridized carbons (Fsp3) is 0.238. The quantitative estimate of drug-likeness (QED) is 0.494. The molecule has 8 nitrogen and oxygen atoms in total. The minimum atomic E-state index is -0.429. The standard InChI is InChI=1S/C21H19ClN4O4/c1-30-19-7-6-16(26(28)29)10-14(19)11-25-9-8-18-17(12-25)21(27)24-20(23-18)13-2-4-15(22)5-3-13/h2-7,10H,8-9,11-12H2,1H3,(H,23,24,27). The van der Waals surface area contributed by atoms with Crippen molar-refractivity contribution in [1.29, 1.82) is 0 Å². The summed E-state index contributed by atoms with van der Waals surface area (Å²) in [5.41, 5.74) is 2.71. The molecule has 154 valence electrons. The van der Waals surface area contributed by atoms with Crippen LogP contribution in [0.1, 0.15) is 16.8 Å². The molecule has 0 amide bonds. The number of methoxy groups -OCH3 is 1.